The molecule has 0 aromatic rings. The van der Waals surface area contributed by atoms with E-state index < -0.39 is 0 Å². The van der Waals surface area contributed by atoms with Gasteiger partial charge in [0.15, 0.2) is 0 Å². The van der Waals surface area contributed by atoms with E-state index >= 15 is 0 Å². The predicted octanol–water partition coefficient (Wildman–Crippen LogP) is 2.49. The molecule has 0 unspecified atom stereocenters. The summed E-state index contributed by atoms with van der Waals surface area (Å²) in [4.78, 5) is 0. The zero-order valence-electron chi connectivity index (χ0n) is 7.97. The minimum Gasteiger partial charge on any atom is -0.302 e. The van der Waals surface area contributed by atoms with Gasteiger partial charge in [-0.25, -0.2) is 0 Å². The Hall–Kier alpha value is -0.260. The number of unbranched alkanes of at least 4 members (excludes halogenated alkanes) is 2. The third kappa shape index (κ3) is 9.74. The molecule has 0 aliphatic rings. The van der Waals surface area contributed by atoms with Gasteiger partial charge in [-0.1, -0.05) is 26.2 Å². The van der Waals surface area contributed by atoms with Gasteiger partial charge in [0.1, 0.15) is 0 Å². The van der Waals surface area contributed by atoms with Crippen molar-refractivity contribution >= 4 is 12.4 Å². The van der Waals surface area contributed by atoms with Gasteiger partial charge in [0.25, 0.3) is 0 Å². The molecule has 0 saturated heterocycles. The Morgan fingerprint density at radius 2 is 2.08 bits per heavy atom. The maximum Gasteiger partial charge on any atom is 0.0842 e. The normalized spacial score (nSPS) is 11.4. The second kappa shape index (κ2) is 10.7. The van der Waals surface area contributed by atoms with Crippen LogP contribution in [0.2, 0.25) is 0 Å². The molecule has 0 heterocycles. The lowest BCUT2D eigenvalue weighted by atomic mass is 10.1. The van der Waals surface area contributed by atoms with Crippen LogP contribution in [-0.2, 0) is 0 Å². The number of nitriles is 1. The maximum atomic E-state index is 8.27. The molecule has 0 fully saturated rings. The molecule has 3 heteroatoms. The van der Waals surface area contributed by atoms with E-state index in [9.17, 15) is 0 Å². The van der Waals surface area contributed by atoms with Gasteiger partial charge in [-0.2, -0.15) is 5.26 Å². The highest BCUT2D eigenvalue weighted by molar-refractivity contribution is 5.85. The molecule has 0 aliphatic carbocycles. The van der Waals surface area contributed by atoms with Crippen LogP contribution in [0.5, 0.6) is 0 Å². The monoisotopic (exact) mass is 190 g/mol. The Bertz CT molecular complexity index is 120. The van der Waals surface area contributed by atoms with Crippen LogP contribution in [0.4, 0.5) is 0 Å². The topological polar surface area (TPSA) is 35.8 Å². The molecule has 0 aromatic heterocycles. The highest BCUT2D eigenvalue weighted by Gasteiger charge is 1.98. The van der Waals surface area contributed by atoms with E-state index in [1.807, 2.05) is 0 Å². The van der Waals surface area contributed by atoms with E-state index in [0.29, 0.717) is 12.6 Å². The Morgan fingerprint density at radius 3 is 2.58 bits per heavy atom. The molecule has 0 rings (SSSR count). The smallest absolute Gasteiger partial charge is 0.0842 e. The standard InChI is InChI=1S/C9H18N2.ClH/c1-3-4-5-6-9(2)11-8-7-10;/h9,11H,3-6,8H2,1-2H3;1H/t9-;/m0./s1. The zero-order valence-corrected chi connectivity index (χ0v) is 8.78. The molecule has 0 saturated carbocycles. The third-order valence-electron chi connectivity index (χ3n) is 1.77. The average molecular weight is 191 g/mol. The maximum absolute atomic E-state index is 8.27. The van der Waals surface area contributed by atoms with Gasteiger partial charge in [-0.05, 0) is 13.3 Å². The van der Waals surface area contributed by atoms with Crippen molar-refractivity contribution in [2.75, 3.05) is 6.54 Å². The van der Waals surface area contributed by atoms with Gasteiger partial charge < -0.3 is 5.32 Å². The van der Waals surface area contributed by atoms with Crippen LogP contribution in [0.1, 0.15) is 39.5 Å². The number of halogens is 1. The summed E-state index contributed by atoms with van der Waals surface area (Å²) in [5.74, 6) is 0. The van der Waals surface area contributed by atoms with Crippen molar-refractivity contribution in [1.29, 1.82) is 5.26 Å². The van der Waals surface area contributed by atoms with Crippen molar-refractivity contribution < 1.29 is 0 Å². The van der Waals surface area contributed by atoms with Crippen molar-refractivity contribution in [2.24, 2.45) is 0 Å². The van der Waals surface area contributed by atoms with Crippen LogP contribution >= 0.6 is 12.4 Å². The number of nitrogens with one attached hydrogen (secondary N) is 1. The summed E-state index contributed by atoms with van der Waals surface area (Å²) < 4.78 is 0. The van der Waals surface area contributed by atoms with Crippen molar-refractivity contribution in [3.05, 3.63) is 0 Å². The average Bonchev–Trinajstić information content (AvgIpc) is 2.01. The van der Waals surface area contributed by atoms with Gasteiger partial charge in [-0.3, -0.25) is 0 Å². The van der Waals surface area contributed by atoms with E-state index in [2.05, 4.69) is 25.2 Å². The van der Waals surface area contributed by atoms with E-state index in [1.54, 1.807) is 0 Å². The summed E-state index contributed by atoms with van der Waals surface area (Å²) in [5.41, 5.74) is 0. The van der Waals surface area contributed by atoms with Crippen molar-refractivity contribution in [3.8, 4) is 6.07 Å². The van der Waals surface area contributed by atoms with E-state index in [0.717, 1.165) is 0 Å². The molecule has 0 aliphatic heterocycles. The lowest BCUT2D eigenvalue weighted by molar-refractivity contribution is 0.511. The first-order chi connectivity index (χ1) is 5.31. The van der Waals surface area contributed by atoms with Crippen molar-refractivity contribution in [2.45, 2.75) is 45.6 Å². The van der Waals surface area contributed by atoms with Crippen molar-refractivity contribution in [3.63, 3.8) is 0 Å². The Balaban J connectivity index is 0. The van der Waals surface area contributed by atoms with Crippen LogP contribution in [-0.4, -0.2) is 12.6 Å². The number of nitrogens with zero attached hydrogens (tertiary/aromatic N) is 1. The Morgan fingerprint density at radius 1 is 1.42 bits per heavy atom. The first kappa shape index (κ1) is 14.3. The zero-order chi connectivity index (χ0) is 8.53. The largest absolute Gasteiger partial charge is 0.302 e. The number of hydrogen-bond donors (Lipinski definition) is 1. The summed E-state index contributed by atoms with van der Waals surface area (Å²) >= 11 is 0. The van der Waals surface area contributed by atoms with Crippen LogP contribution in [0.15, 0.2) is 0 Å². The highest BCUT2D eigenvalue weighted by Crippen LogP contribution is 2.01. The molecular weight excluding hydrogens is 172 g/mol. The van der Waals surface area contributed by atoms with Crippen LogP contribution in [0, 0.1) is 11.3 Å². The molecule has 0 amide bonds. The van der Waals surface area contributed by atoms with E-state index in [4.69, 9.17) is 5.26 Å². The fourth-order valence-corrected chi connectivity index (χ4v) is 1.02. The van der Waals surface area contributed by atoms with Crippen molar-refractivity contribution in [1.82, 2.24) is 5.32 Å². The lowest BCUT2D eigenvalue weighted by Gasteiger charge is -2.09. The Labute approximate surface area is 81.8 Å². The van der Waals surface area contributed by atoms with Gasteiger partial charge in [0.05, 0.1) is 12.6 Å². The SMILES string of the molecule is CCCCC[C@H](C)NCC#N.Cl. The molecular formula is C9H19ClN2. The summed E-state index contributed by atoms with van der Waals surface area (Å²) in [6, 6.07) is 2.58. The summed E-state index contributed by atoms with van der Waals surface area (Å²) in [7, 11) is 0. The second-order valence-electron chi connectivity index (χ2n) is 2.94. The quantitative estimate of drug-likeness (QED) is 0.516. The molecule has 1 atom stereocenters. The van der Waals surface area contributed by atoms with Gasteiger partial charge in [0, 0.05) is 6.04 Å². The molecule has 0 spiro atoms. The van der Waals surface area contributed by atoms with Gasteiger partial charge >= 0.3 is 0 Å². The van der Waals surface area contributed by atoms with Crippen LogP contribution in [0.25, 0.3) is 0 Å². The lowest BCUT2D eigenvalue weighted by Crippen LogP contribution is -2.25. The van der Waals surface area contributed by atoms with E-state index in [1.165, 1.54) is 25.7 Å². The number of hydrogen-bond acceptors (Lipinski definition) is 2. The first-order valence-electron chi connectivity index (χ1n) is 4.41. The van der Waals surface area contributed by atoms with Crippen LogP contribution in [0.3, 0.4) is 0 Å². The molecule has 72 valence electrons. The highest BCUT2D eigenvalue weighted by atomic mass is 35.5. The molecule has 0 radical (unpaired) electrons. The molecule has 0 bridgehead atoms. The van der Waals surface area contributed by atoms with Gasteiger partial charge in [0.2, 0.25) is 0 Å². The Kier molecular flexibility index (Phi) is 12.8. The fourth-order valence-electron chi connectivity index (χ4n) is 1.02. The molecule has 12 heavy (non-hydrogen) atoms. The first-order valence-corrected chi connectivity index (χ1v) is 4.41. The van der Waals surface area contributed by atoms with Crippen LogP contribution < -0.4 is 5.32 Å². The summed E-state index contributed by atoms with van der Waals surface area (Å²) in [5, 5.41) is 11.4. The summed E-state index contributed by atoms with van der Waals surface area (Å²) in [6.07, 6.45) is 5.04. The molecule has 1 N–H and O–H groups in total. The minimum atomic E-state index is 0. The molecule has 0 aromatic carbocycles. The predicted molar refractivity (Wildman–Crippen MR) is 54.5 cm³/mol. The second-order valence-corrected chi connectivity index (χ2v) is 2.94. The van der Waals surface area contributed by atoms with E-state index in [-0.39, 0.29) is 12.4 Å². The minimum absolute atomic E-state index is 0. The molecule has 2 nitrogen and oxygen atoms in total. The number of rotatable bonds is 6. The van der Waals surface area contributed by atoms with Gasteiger partial charge in [-0.15, -0.1) is 12.4 Å². The fraction of sp³-hybridized carbons (Fsp3) is 0.889. The third-order valence-corrected chi connectivity index (χ3v) is 1.77. The summed E-state index contributed by atoms with van der Waals surface area (Å²) in [6.45, 7) is 4.81.